The number of aromatic nitrogens is 2. The zero-order valence-electron chi connectivity index (χ0n) is 27.9. The Kier molecular flexibility index (Phi) is 11.8. The van der Waals surface area contributed by atoms with Crippen LogP contribution in [0.15, 0.2) is 60.5 Å². The summed E-state index contributed by atoms with van der Waals surface area (Å²) < 4.78 is 20.9. The highest BCUT2D eigenvalue weighted by Gasteiger charge is 2.55. The molecule has 3 aromatic rings. The monoisotopic (exact) mass is 602 g/mol. The van der Waals surface area contributed by atoms with Crippen LogP contribution in [0.2, 0.25) is 0 Å². The van der Waals surface area contributed by atoms with Gasteiger partial charge in [0.25, 0.3) is 0 Å². The van der Waals surface area contributed by atoms with Gasteiger partial charge in [-0.2, -0.15) is 0 Å². The first-order valence-electron chi connectivity index (χ1n) is 15.8. The maximum atomic E-state index is 15.1. The second-order valence-corrected chi connectivity index (χ2v) is 12.8. The van der Waals surface area contributed by atoms with Crippen molar-refractivity contribution in [2.75, 3.05) is 7.11 Å². The smallest absolute Gasteiger partial charge is 0.141 e. The zero-order chi connectivity index (χ0) is 32.7. The number of aryl methyl sites for hydroxylation is 2. The van der Waals surface area contributed by atoms with Gasteiger partial charge in [0.2, 0.25) is 0 Å². The quantitative estimate of drug-likeness (QED) is 0.111. The van der Waals surface area contributed by atoms with E-state index in [0.717, 1.165) is 54.5 Å². The lowest BCUT2D eigenvalue weighted by Gasteiger charge is -2.32. The number of nitrogens with zero attached hydrogens (tertiary/aromatic N) is 2. The Morgan fingerprint density at radius 1 is 1.09 bits per heavy atom. The number of unbranched alkanes of at least 4 members (excludes halogenated alkanes) is 1. The molecule has 238 valence electrons. The molecule has 1 aromatic heterocycles. The van der Waals surface area contributed by atoms with E-state index < -0.39 is 5.82 Å². The molecular weight excluding hydrogens is 551 g/mol. The van der Waals surface area contributed by atoms with E-state index in [4.69, 9.17) is 9.72 Å². The van der Waals surface area contributed by atoms with Crippen molar-refractivity contribution in [2.24, 2.45) is 10.8 Å². The second-order valence-electron chi connectivity index (χ2n) is 12.8. The summed E-state index contributed by atoms with van der Waals surface area (Å²) >= 11 is 0. The predicted octanol–water partition coefficient (Wildman–Crippen LogP) is 9.73. The number of hydrogen-bond donors (Lipinski definition) is 0. The average molecular weight is 603 g/mol. The minimum absolute atomic E-state index is 0. The summed E-state index contributed by atoms with van der Waals surface area (Å²) in [7, 11) is 1.67. The third-order valence-corrected chi connectivity index (χ3v) is 8.60. The summed E-state index contributed by atoms with van der Waals surface area (Å²) in [6, 6.07) is 8.93. The van der Waals surface area contributed by atoms with Gasteiger partial charge < -0.3 is 9.53 Å². The van der Waals surface area contributed by atoms with Crippen LogP contribution in [0.1, 0.15) is 98.2 Å². The Labute approximate surface area is 264 Å². The van der Waals surface area contributed by atoms with E-state index in [-0.39, 0.29) is 36.7 Å². The van der Waals surface area contributed by atoms with Crippen LogP contribution in [0.3, 0.4) is 0 Å². The Morgan fingerprint density at radius 3 is 2.39 bits per heavy atom. The molecule has 0 spiro atoms. The molecule has 5 nitrogen and oxygen atoms in total. The van der Waals surface area contributed by atoms with Crippen molar-refractivity contribution in [3.63, 3.8) is 0 Å². The van der Waals surface area contributed by atoms with Crippen molar-refractivity contribution in [1.29, 1.82) is 0 Å². The van der Waals surface area contributed by atoms with Gasteiger partial charge in [-0.3, -0.25) is 9.78 Å². The van der Waals surface area contributed by atoms with Crippen LogP contribution >= 0.6 is 0 Å². The third kappa shape index (κ3) is 8.49. The minimum atomic E-state index is -0.441. The van der Waals surface area contributed by atoms with Crippen LogP contribution < -0.4 is 0 Å². The van der Waals surface area contributed by atoms with Crippen molar-refractivity contribution in [1.82, 2.24) is 9.97 Å². The highest BCUT2D eigenvalue weighted by Crippen LogP contribution is 2.63. The van der Waals surface area contributed by atoms with E-state index in [0.29, 0.717) is 28.8 Å². The summed E-state index contributed by atoms with van der Waals surface area (Å²) in [6.07, 6.45) is 9.12. The van der Waals surface area contributed by atoms with Gasteiger partial charge in [-0.1, -0.05) is 53.3 Å². The van der Waals surface area contributed by atoms with Crippen LogP contribution in [0.4, 0.5) is 4.39 Å². The number of hydrogen-bond acceptors (Lipinski definition) is 5. The van der Waals surface area contributed by atoms with Crippen LogP contribution in [-0.2, 0) is 27.2 Å². The van der Waals surface area contributed by atoms with Crippen molar-refractivity contribution in [3.8, 4) is 11.3 Å². The first kappa shape index (κ1) is 34.8. The maximum absolute atomic E-state index is 15.1. The standard InChI is InChI=1S/C36H43FN2O3.C2H6.H2/c1-23(17-34(42-7)36(14-15-36)35(4,5)6)16-29(41)19-27-12-13-28(20-30(27)37)33-22-38-31-21-26(11-9-8-10-25(3)40)24(2)18-32(31)39-33;1-2;/h12-13,17-18,20-22H,1,8-11,14-16,19H2,2-7H3;1-2H3;1H/b34-17-;;. The lowest BCUT2D eigenvalue weighted by atomic mass is 9.75. The molecule has 6 heteroatoms. The van der Waals surface area contributed by atoms with Crippen molar-refractivity contribution in [3.05, 3.63) is 83.0 Å². The van der Waals surface area contributed by atoms with Crippen LogP contribution in [-0.4, -0.2) is 28.6 Å². The van der Waals surface area contributed by atoms with Gasteiger partial charge in [-0.25, -0.2) is 9.37 Å². The van der Waals surface area contributed by atoms with E-state index >= 15 is 4.39 Å². The van der Waals surface area contributed by atoms with E-state index in [9.17, 15) is 9.59 Å². The second kappa shape index (κ2) is 14.9. The molecule has 0 unspecified atom stereocenters. The highest BCUT2D eigenvalue weighted by molar-refractivity contribution is 5.84. The summed E-state index contributed by atoms with van der Waals surface area (Å²) in [5.41, 5.74) is 6.10. The molecule has 0 atom stereocenters. The molecule has 2 aromatic carbocycles. The average Bonchev–Trinajstić information content (AvgIpc) is 3.78. The molecule has 4 rings (SSSR count). The molecule has 1 aliphatic carbocycles. The largest absolute Gasteiger partial charge is 0.500 e. The lowest BCUT2D eigenvalue weighted by Crippen LogP contribution is -2.25. The molecule has 1 aliphatic rings. The zero-order valence-corrected chi connectivity index (χ0v) is 27.9. The Morgan fingerprint density at radius 2 is 1.80 bits per heavy atom. The van der Waals surface area contributed by atoms with Gasteiger partial charge in [-0.05, 0) is 97.9 Å². The number of fused-ring (bicyclic) bond motifs is 1. The number of rotatable bonds is 13. The summed E-state index contributed by atoms with van der Waals surface area (Å²) in [5.74, 6) is 0.550. The third-order valence-electron chi connectivity index (χ3n) is 8.60. The van der Waals surface area contributed by atoms with E-state index in [1.165, 1.54) is 11.6 Å². The molecule has 0 saturated heterocycles. The van der Waals surface area contributed by atoms with Gasteiger partial charge in [0.1, 0.15) is 23.1 Å². The first-order valence-corrected chi connectivity index (χ1v) is 15.8. The maximum Gasteiger partial charge on any atom is 0.141 e. The van der Waals surface area contributed by atoms with Crippen LogP contribution in [0.25, 0.3) is 22.3 Å². The van der Waals surface area contributed by atoms with Crippen LogP contribution in [0, 0.1) is 23.6 Å². The molecule has 0 amide bonds. The Bertz CT molecular complexity index is 1550. The van der Waals surface area contributed by atoms with Crippen molar-refractivity contribution >= 4 is 22.6 Å². The summed E-state index contributed by atoms with van der Waals surface area (Å²) in [6.45, 7) is 18.4. The van der Waals surface area contributed by atoms with Crippen molar-refractivity contribution in [2.45, 2.75) is 99.8 Å². The van der Waals surface area contributed by atoms with Gasteiger partial charge in [0.05, 0.1) is 30.0 Å². The first-order chi connectivity index (χ1) is 20.8. The summed E-state index contributed by atoms with van der Waals surface area (Å²) in [5, 5.41) is 0. The van der Waals surface area contributed by atoms with E-state index in [1.807, 2.05) is 26.0 Å². The van der Waals surface area contributed by atoms with Crippen LogP contribution in [0.5, 0.6) is 0 Å². The molecule has 0 radical (unpaired) electrons. The Hall–Kier alpha value is -3.67. The van der Waals surface area contributed by atoms with E-state index in [2.05, 4.69) is 45.3 Å². The molecular formula is C38H51FN2O3. The van der Waals surface area contributed by atoms with Gasteiger partial charge in [0, 0.05) is 31.7 Å². The number of carbonyl (C=O) groups excluding carboxylic acids is 2. The predicted molar refractivity (Wildman–Crippen MR) is 180 cm³/mol. The van der Waals surface area contributed by atoms with Gasteiger partial charge >= 0.3 is 0 Å². The molecule has 1 heterocycles. The minimum Gasteiger partial charge on any atom is -0.500 e. The number of carbonyl (C=O) groups is 2. The number of benzene rings is 2. The fourth-order valence-corrected chi connectivity index (χ4v) is 5.80. The number of halogens is 1. The normalized spacial score (nSPS) is 14.1. The van der Waals surface area contributed by atoms with Gasteiger partial charge in [-0.15, -0.1) is 0 Å². The molecule has 0 N–H and O–H groups in total. The SMILES string of the molecule is C=C(/C=C(\OC)C1(C(C)(C)C)CC1)CC(=O)Cc1ccc(-c2cnc3cc(CCCCC(C)=O)c(C)cc3n2)cc1F.CC.[HH]. The lowest BCUT2D eigenvalue weighted by molar-refractivity contribution is -0.118. The number of allylic oxidation sites excluding steroid dienone is 3. The molecule has 0 bridgehead atoms. The number of Topliss-reactive ketones (excluding diaryl/α,β-unsaturated/α-hetero) is 2. The fraction of sp³-hybridized carbons (Fsp3) is 0.474. The number of ether oxygens (including phenoxy) is 1. The van der Waals surface area contributed by atoms with E-state index in [1.54, 1.807) is 32.4 Å². The molecule has 1 saturated carbocycles. The molecule has 1 fully saturated rings. The van der Waals surface area contributed by atoms with Gasteiger partial charge in [0.15, 0.2) is 0 Å². The topological polar surface area (TPSA) is 69.2 Å². The number of ketones is 2. The fourth-order valence-electron chi connectivity index (χ4n) is 5.80. The number of methoxy groups -OCH3 is 1. The molecule has 44 heavy (non-hydrogen) atoms. The Balaban J connectivity index is 0.00000230. The molecule has 0 aliphatic heterocycles. The van der Waals surface area contributed by atoms with Crippen molar-refractivity contribution < 1.29 is 20.1 Å². The summed E-state index contributed by atoms with van der Waals surface area (Å²) in [4.78, 5) is 33.4. The highest BCUT2D eigenvalue weighted by atomic mass is 19.1.